The number of hydrogen-bond donors (Lipinski definition) is 3. The lowest BCUT2D eigenvalue weighted by Crippen LogP contribution is -2.21. The van der Waals surface area contributed by atoms with Crippen LogP contribution in [0.4, 0.5) is 0 Å². The molecule has 7 nitrogen and oxygen atoms in total. The van der Waals surface area contributed by atoms with Crippen LogP contribution in [0.2, 0.25) is 0 Å². The summed E-state index contributed by atoms with van der Waals surface area (Å²) in [7, 11) is -4.02. The molecule has 0 saturated carbocycles. The van der Waals surface area contributed by atoms with Crippen molar-refractivity contribution in [3.63, 3.8) is 0 Å². The Labute approximate surface area is 149 Å². The summed E-state index contributed by atoms with van der Waals surface area (Å²) in [4.78, 5) is -0.0666. The van der Waals surface area contributed by atoms with Crippen molar-refractivity contribution in [2.24, 2.45) is 21.7 Å². The maximum absolute atomic E-state index is 10.5. The van der Waals surface area contributed by atoms with E-state index in [4.69, 9.17) is 16.0 Å². The molecule has 0 saturated heterocycles. The molecular formula is C15H17BrN4O3S. The smallest absolute Gasteiger partial charge is 0.294 e. The lowest BCUT2D eigenvalue weighted by atomic mass is 10.2. The molecule has 0 heterocycles. The molecule has 2 aromatic rings. The van der Waals surface area contributed by atoms with Crippen LogP contribution >= 0.6 is 15.9 Å². The summed E-state index contributed by atoms with van der Waals surface area (Å²) >= 11 is 3.34. The van der Waals surface area contributed by atoms with E-state index in [-0.39, 0.29) is 10.9 Å². The van der Waals surface area contributed by atoms with Crippen molar-refractivity contribution in [2.45, 2.75) is 11.8 Å². The molecule has 9 heteroatoms. The summed E-state index contributed by atoms with van der Waals surface area (Å²) < 4.78 is 30.5. The second-order valence-corrected chi connectivity index (χ2v) is 6.95. The Bertz CT molecular complexity index is 830. The van der Waals surface area contributed by atoms with Crippen LogP contribution in [0.25, 0.3) is 0 Å². The van der Waals surface area contributed by atoms with E-state index in [1.165, 1.54) is 12.1 Å². The van der Waals surface area contributed by atoms with Gasteiger partial charge in [-0.15, -0.1) is 5.10 Å². The van der Waals surface area contributed by atoms with Crippen LogP contribution in [0.5, 0.6) is 0 Å². The fraction of sp³-hybridized carbons (Fsp3) is 0.0667. The van der Waals surface area contributed by atoms with Crippen LogP contribution in [0, 0.1) is 6.92 Å². The first-order chi connectivity index (χ1) is 11.2. The molecule has 0 aliphatic heterocycles. The molecular weight excluding hydrogens is 396 g/mol. The SMILES string of the molecule is Cc1ccc(S(=O)(=O)O)cc1.NC(N)=N/N=C/c1cccc(Br)c1. The van der Waals surface area contributed by atoms with E-state index in [2.05, 4.69) is 26.1 Å². The van der Waals surface area contributed by atoms with Gasteiger partial charge in [0.05, 0.1) is 11.1 Å². The topological polar surface area (TPSA) is 131 Å². The molecule has 2 rings (SSSR count). The largest absolute Gasteiger partial charge is 0.369 e. The molecule has 0 atom stereocenters. The molecule has 0 aliphatic carbocycles. The second kappa shape index (κ2) is 9.16. The van der Waals surface area contributed by atoms with E-state index in [0.717, 1.165) is 15.6 Å². The molecule has 0 bridgehead atoms. The Morgan fingerprint density at radius 2 is 1.79 bits per heavy atom. The van der Waals surface area contributed by atoms with Gasteiger partial charge in [0, 0.05) is 4.47 Å². The van der Waals surface area contributed by atoms with Gasteiger partial charge in [0.2, 0.25) is 5.96 Å². The van der Waals surface area contributed by atoms with Crippen LogP contribution in [0.1, 0.15) is 11.1 Å². The molecule has 0 unspecified atom stereocenters. The van der Waals surface area contributed by atoms with E-state index >= 15 is 0 Å². The van der Waals surface area contributed by atoms with Crippen molar-refractivity contribution in [3.05, 3.63) is 64.1 Å². The summed E-state index contributed by atoms with van der Waals surface area (Å²) in [5.41, 5.74) is 12.1. The van der Waals surface area contributed by atoms with Gasteiger partial charge in [0.25, 0.3) is 10.1 Å². The highest BCUT2D eigenvalue weighted by atomic mass is 79.9. The van der Waals surface area contributed by atoms with Gasteiger partial charge in [0.1, 0.15) is 0 Å². The average Bonchev–Trinajstić information content (AvgIpc) is 2.47. The molecule has 2 aromatic carbocycles. The number of halogens is 1. The number of hydrogen-bond acceptors (Lipinski definition) is 4. The Kier molecular flexibility index (Phi) is 7.56. The highest BCUT2D eigenvalue weighted by Gasteiger charge is 2.06. The van der Waals surface area contributed by atoms with Crippen LogP contribution in [-0.4, -0.2) is 25.1 Å². The van der Waals surface area contributed by atoms with Crippen molar-refractivity contribution in [1.82, 2.24) is 0 Å². The molecule has 5 N–H and O–H groups in total. The zero-order chi connectivity index (χ0) is 18.2. The fourth-order valence-corrected chi connectivity index (χ4v) is 2.36. The molecule has 0 aliphatic rings. The number of rotatable bonds is 3. The number of aryl methyl sites for hydroxylation is 1. The normalized spacial score (nSPS) is 10.8. The third-order valence-electron chi connectivity index (χ3n) is 2.55. The van der Waals surface area contributed by atoms with Crippen molar-refractivity contribution >= 4 is 38.2 Å². The Morgan fingerprint density at radius 1 is 1.17 bits per heavy atom. The number of guanidine groups is 1. The van der Waals surface area contributed by atoms with Crippen LogP contribution in [0.15, 0.2) is 68.1 Å². The first kappa shape index (κ1) is 19.8. The highest BCUT2D eigenvalue weighted by molar-refractivity contribution is 9.10. The summed E-state index contributed by atoms with van der Waals surface area (Å²) in [6.45, 7) is 1.84. The van der Waals surface area contributed by atoms with Gasteiger partial charge in [-0.25, -0.2) is 0 Å². The number of benzene rings is 2. The molecule has 0 amide bonds. The third kappa shape index (κ3) is 7.86. The van der Waals surface area contributed by atoms with Crippen LogP contribution in [-0.2, 0) is 10.1 Å². The minimum Gasteiger partial charge on any atom is -0.369 e. The van der Waals surface area contributed by atoms with Crippen molar-refractivity contribution in [3.8, 4) is 0 Å². The van der Waals surface area contributed by atoms with Crippen LogP contribution < -0.4 is 11.5 Å². The van der Waals surface area contributed by atoms with E-state index in [1.54, 1.807) is 18.3 Å². The standard InChI is InChI=1S/C8H9BrN4.C7H8O3S/c9-7-3-1-2-6(4-7)5-12-13-8(10)11;1-6-2-4-7(5-3-6)11(8,9)10/h1-5H,(H4,10,11,13);2-5H,1H3,(H,8,9,10)/b12-5+;. The minimum absolute atomic E-state index is 0.0498. The molecule has 0 spiro atoms. The quantitative estimate of drug-likeness (QED) is 0.308. The second-order valence-electron chi connectivity index (χ2n) is 4.61. The Hall–Kier alpha value is -2.23. The Morgan fingerprint density at radius 3 is 2.29 bits per heavy atom. The average molecular weight is 413 g/mol. The molecule has 0 radical (unpaired) electrons. The molecule has 0 aromatic heterocycles. The number of nitrogens with two attached hydrogens (primary N) is 2. The van der Waals surface area contributed by atoms with Gasteiger partial charge in [-0.3, -0.25) is 4.55 Å². The summed E-state index contributed by atoms with van der Waals surface area (Å²) in [6, 6.07) is 13.6. The minimum atomic E-state index is -4.02. The fourth-order valence-electron chi connectivity index (χ4n) is 1.46. The number of nitrogens with zero attached hydrogens (tertiary/aromatic N) is 2. The van der Waals surface area contributed by atoms with E-state index in [0.29, 0.717) is 0 Å². The monoisotopic (exact) mass is 412 g/mol. The molecule has 0 fully saturated rings. The summed E-state index contributed by atoms with van der Waals surface area (Å²) in [5.74, 6) is -0.0498. The van der Waals surface area contributed by atoms with Crippen molar-refractivity contribution < 1.29 is 13.0 Å². The first-order valence-electron chi connectivity index (χ1n) is 6.60. The predicted molar refractivity (Wildman–Crippen MR) is 98.5 cm³/mol. The zero-order valence-corrected chi connectivity index (χ0v) is 15.2. The maximum Gasteiger partial charge on any atom is 0.294 e. The molecule has 128 valence electrons. The van der Waals surface area contributed by atoms with E-state index < -0.39 is 10.1 Å². The van der Waals surface area contributed by atoms with Gasteiger partial charge in [0.15, 0.2) is 0 Å². The lowest BCUT2D eigenvalue weighted by molar-refractivity contribution is 0.483. The third-order valence-corrected chi connectivity index (χ3v) is 3.91. The highest BCUT2D eigenvalue weighted by Crippen LogP contribution is 2.10. The summed E-state index contributed by atoms with van der Waals surface area (Å²) in [5, 5.41) is 7.15. The van der Waals surface area contributed by atoms with Gasteiger partial charge in [-0.2, -0.15) is 13.5 Å². The van der Waals surface area contributed by atoms with Gasteiger partial charge < -0.3 is 11.5 Å². The Balaban J connectivity index is 0.000000243. The summed E-state index contributed by atoms with van der Waals surface area (Å²) in [6.07, 6.45) is 1.57. The van der Waals surface area contributed by atoms with Crippen molar-refractivity contribution in [1.29, 1.82) is 0 Å². The lowest BCUT2D eigenvalue weighted by Gasteiger charge is -1.95. The first-order valence-corrected chi connectivity index (χ1v) is 8.83. The molecule has 24 heavy (non-hydrogen) atoms. The van der Waals surface area contributed by atoms with Crippen molar-refractivity contribution in [2.75, 3.05) is 0 Å². The van der Waals surface area contributed by atoms with Gasteiger partial charge >= 0.3 is 0 Å². The zero-order valence-electron chi connectivity index (χ0n) is 12.8. The van der Waals surface area contributed by atoms with Gasteiger partial charge in [-0.1, -0.05) is 45.8 Å². The van der Waals surface area contributed by atoms with E-state index in [9.17, 15) is 8.42 Å². The van der Waals surface area contributed by atoms with Gasteiger partial charge in [-0.05, 0) is 36.8 Å². The van der Waals surface area contributed by atoms with E-state index in [1.807, 2.05) is 31.2 Å². The predicted octanol–water partition coefficient (Wildman–Crippen LogP) is 2.30. The van der Waals surface area contributed by atoms with Crippen LogP contribution in [0.3, 0.4) is 0 Å². The maximum atomic E-state index is 10.5.